The molecular formula is C20H23ClN2O3S. The van der Waals surface area contributed by atoms with E-state index >= 15 is 0 Å². The number of amides is 1. The van der Waals surface area contributed by atoms with Crippen LogP contribution in [0.4, 0.5) is 5.69 Å². The third-order valence-corrected chi connectivity index (χ3v) is 6.87. The smallest absolute Gasteiger partial charge is 0.255 e. The molecule has 1 amide bonds. The van der Waals surface area contributed by atoms with Gasteiger partial charge in [-0.15, -0.1) is 0 Å². The average molecular weight is 407 g/mol. The largest absolute Gasteiger partial charge is 0.322 e. The van der Waals surface area contributed by atoms with Crippen LogP contribution in [0.1, 0.15) is 41.6 Å². The van der Waals surface area contributed by atoms with Crippen molar-refractivity contribution < 1.29 is 13.2 Å². The predicted octanol–water partition coefficient (Wildman–Crippen LogP) is 4.47. The lowest BCUT2D eigenvalue weighted by molar-refractivity contribution is 0.102. The molecule has 2 aromatic rings. The van der Waals surface area contributed by atoms with Crippen molar-refractivity contribution >= 4 is 33.2 Å². The lowest BCUT2D eigenvalue weighted by Crippen LogP contribution is -2.32. The SMILES string of the molecule is Cc1ccc(S(=O)(=O)N2CCCCCC2)cc1C(=O)Nc1cccc(Cl)c1. The molecule has 0 spiro atoms. The molecular weight excluding hydrogens is 384 g/mol. The van der Waals surface area contributed by atoms with Gasteiger partial charge in [-0.2, -0.15) is 4.31 Å². The standard InChI is InChI=1S/C20H23ClN2O3S/c1-15-9-10-18(27(25,26)23-11-4-2-3-5-12-23)14-19(15)20(24)22-17-8-6-7-16(21)13-17/h6-10,13-14H,2-5,11-12H2,1H3,(H,22,24). The van der Waals surface area contributed by atoms with Gasteiger partial charge in [0.25, 0.3) is 5.91 Å². The summed E-state index contributed by atoms with van der Waals surface area (Å²) in [6.07, 6.45) is 3.83. The van der Waals surface area contributed by atoms with Crippen molar-refractivity contribution in [2.75, 3.05) is 18.4 Å². The molecule has 1 aliphatic rings. The fourth-order valence-electron chi connectivity index (χ4n) is 3.20. The lowest BCUT2D eigenvalue weighted by Gasteiger charge is -2.20. The number of anilines is 1. The van der Waals surface area contributed by atoms with Gasteiger partial charge < -0.3 is 5.32 Å². The van der Waals surface area contributed by atoms with Gasteiger partial charge in [0, 0.05) is 29.4 Å². The van der Waals surface area contributed by atoms with E-state index in [0.29, 0.717) is 34.9 Å². The summed E-state index contributed by atoms with van der Waals surface area (Å²) < 4.78 is 27.5. The van der Waals surface area contributed by atoms with Gasteiger partial charge in [0.15, 0.2) is 0 Å². The number of carbonyl (C=O) groups is 1. The Hall–Kier alpha value is -1.89. The second kappa shape index (κ2) is 8.42. The molecule has 7 heteroatoms. The summed E-state index contributed by atoms with van der Waals surface area (Å²) >= 11 is 5.95. The quantitative estimate of drug-likeness (QED) is 0.814. The van der Waals surface area contributed by atoms with Crippen LogP contribution in [0, 0.1) is 6.92 Å². The van der Waals surface area contributed by atoms with Crippen molar-refractivity contribution in [1.82, 2.24) is 4.31 Å². The molecule has 27 heavy (non-hydrogen) atoms. The number of halogens is 1. The Bertz CT molecular complexity index is 936. The number of carbonyl (C=O) groups excluding carboxylic acids is 1. The van der Waals surface area contributed by atoms with Crippen molar-refractivity contribution in [2.45, 2.75) is 37.5 Å². The number of hydrogen-bond acceptors (Lipinski definition) is 3. The molecule has 1 fully saturated rings. The van der Waals surface area contributed by atoms with Crippen LogP contribution in [0.2, 0.25) is 5.02 Å². The summed E-state index contributed by atoms with van der Waals surface area (Å²) in [6, 6.07) is 11.6. The van der Waals surface area contributed by atoms with Crippen LogP contribution in [-0.4, -0.2) is 31.7 Å². The van der Waals surface area contributed by atoms with Crippen LogP contribution in [0.25, 0.3) is 0 Å². The highest BCUT2D eigenvalue weighted by molar-refractivity contribution is 7.89. The number of sulfonamides is 1. The molecule has 0 unspecified atom stereocenters. The maximum atomic E-state index is 13.0. The first-order valence-corrected chi connectivity index (χ1v) is 10.9. The minimum Gasteiger partial charge on any atom is -0.322 e. The predicted molar refractivity (Wildman–Crippen MR) is 108 cm³/mol. The van der Waals surface area contributed by atoms with E-state index in [4.69, 9.17) is 11.6 Å². The topological polar surface area (TPSA) is 66.5 Å². The Labute approximate surface area is 165 Å². The summed E-state index contributed by atoms with van der Waals surface area (Å²) in [6.45, 7) is 2.84. The zero-order valence-electron chi connectivity index (χ0n) is 15.2. The molecule has 2 aromatic carbocycles. The molecule has 0 atom stereocenters. The maximum absolute atomic E-state index is 13.0. The van der Waals surface area contributed by atoms with E-state index < -0.39 is 10.0 Å². The van der Waals surface area contributed by atoms with Crippen LogP contribution in [0.3, 0.4) is 0 Å². The summed E-state index contributed by atoms with van der Waals surface area (Å²) in [5.41, 5.74) is 1.61. The fraction of sp³-hybridized carbons (Fsp3) is 0.350. The zero-order valence-corrected chi connectivity index (χ0v) is 16.8. The van der Waals surface area contributed by atoms with Crippen LogP contribution < -0.4 is 5.32 Å². The highest BCUT2D eigenvalue weighted by Gasteiger charge is 2.26. The normalized spacial score (nSPS) is 15.9. The summed E-state index contributed by atoms with van der Waals surface area (Å²) in [7, 11) is -3.61. The summed E-state index contributed by atoms with van der Waals surface area (Å²) in [5, 5.41) is 3.29. The van der Waals surface area contributed by atoms with E-state index in [1.807, 2.05) is 0 Å². The molecule has 144 valence electrons. The van der Waals surface area contributed by atoms with E-state index in [-0.39, 0.29) is 10.8 Å². The van der Waals surface area contributed by atoms with Crippen LogP contribution in [0.5, 0.6) is 0 Å². The summed E-state index contributed by atoms with van der Waals surface area (Å²) in [4.78, 5) is 12.9. The Morgan fingerprint density at radius 2 is 1.74 bits per heavy atom. The number of hydrogen-bond donors (Lipinski definition) is 1. The van der Waals surface area contributed by atoms with Crippen molar-refractivity contribution in [3.8, 4) is 0 Å². The zero-order chi connectivity index (χ0) is 19.4. The van der Waals surface area contributed by atoms with Gasteiger partial charge in [-0.05, 0) is 55.7 Å². The first-order chi connectivity index (χ1) is 12.9. The van der Waals surface area contributed by atoms with Gasteiger partial charge >= 0.3 is 0 Å². The number of nitrogens with zero attached hydrogens (tertiary/aromatic N) is 1. The van der Waals surface area contributed by atoms with E-state index in [0.717, 1.165) is 25.7 Å². The minimum atomic E-state index is -3.61. The van der Waals surface area contributed by atoms with Crippen molar-refractivity contribution in [3.63, 3.8) is 0 Å². The molecule has 0 aliphatic carbocycles. The van der Waals surface area contributed by atoms with Gasteiger partial charge in [-0.1, -0.05) is 36.6 Å². The molecule has 1 heterocycles. The van der Waals surface area contributed by atoms with Crippen molar-refractivity contribution in [2.24, 2.45) is 0 Å². The average Bonchev–Trinajstić information content (AvgIpc) is 2.92. The number of aryl methyl sites for hydroxylation is 1. The van der Waals surface area contributed by atoms with Gasteiger partial charge in [0.2, 0.25) is 10.0 Å². The number of benzene rings is 2. The molecule has 3 rings (SSSR count). The lowest BCUT2D eigenvalue weighted by atomic mass is 10.1. The third kappa shape index (κ3) is 4.69. The van der Waals surface area contributed by atoms with E-state index in [1.54, 1.807) is 43.3 Å². The Morgan fingerprint density at radius 1 is 1.04 bits per heavy atom. The van der Waals surface area contributed by atoms with Crippen LogP contribution in [0.15, 0.2) is 47.4 Å². The van der Waals surface area contributed by atoms with Gasteiger partial charge in [-0.25, -0.2) is 8.42 Å². The summed E-state index contributed by atoms with van der Waals surface area (Å²) in [5.74, 6) is -0.359. The second-order valence-electron chi connectivity index (χ2n) is 6.76. The van der Waals surface area contributed by atoms with E-state index in [1.165, 1.54) is 10.4 Å². The molecule has 0 aromatic heterocycles. The maximum Gasteiger partial charge on any atom is 0.255 e. The van der Waals surface area contributed by atoms with Gasteiger partial charge in [-0.3, -0.25) is 4.79 Å². The molecule has 1 aliphatic heterocycles. The molecule has 0 saturated carbocycles. The molecule has 0 bridgehead atoms. The number of nitrogens with one attached hydrogen (secondary N) is 1. The van der Waals surface area contributed by atoms with Crippen LogP contribution in [-0.2, 0) is 10.0 Å². The van der Waals surface area contributed by atoms with Crippen molar-refractivity contribution in [3.05, 3.63) is 58.6 Å². The first kappa shape index (κ1) is 19.9. The van der Waals surface area contributed by atoms with Gasteiger partial charge in [0.1, 0.15) is 0 Å². The highest BCUT2D eigenvalue weighted by Crippen LogP contribution is 2.23. The first-order valence-electron chi connectivity index (χ1n) is 9.05. The molecule has 0 radical (unpaired) electrons. The fourth-order valence-corrected chi connectivity index (χ4v) is 4.94. The Balaban J connectivity index is 1.88. The monoisotopic (exact) mass is 406 g/mol. The highest BCUT2D eigenvalue weighted by atomic mass is 35.5. The third-order valence-electron chi connectivity index (χ3n) is 4.74. The second-order valence-corrected chi connectivity index (χ2v) is 9.13. The van der Waals surface area contributed by atoms with Crippen molar-refractivity contribution in [1.29, 1.82) is 0 Å². The molecule has 5 nitrogen and oxygen atoms in total. The molecule has 1 saturated heterocycles. The number of rotatable bonds is 4. The van der Waals surface area contributed by atoms with E-state index in [2.05, 4.69) is 5.32 Å². The Morgan fingerprint density at radius 3 is 2.41 bits per heavy atom. The molecule has 1 N–H and O–H groups in total. The van der Waals surface area contributed by atoms with E-state index in [9.17, 15) is 13.2 Å². The van der Waals surface area contributed by atoms with Gasteiger partial charge in [0.05, 0.1) is 4.90 Å². The minimum absolute atomic E-state index is 0.159. The Kier molecular flexibility index (Phi) is 6.19. The van der Waals surface area contributed by atoms with Crippen LogP contribution >= 0.6 is 11.6 Å².